The fraction of sp³-hybridized carbons (Fsp3) is 0.273. The molecule has 0 aromatic heterocycles. The van der Waals surface area contributed by atoms with Gasteiger partial charge in [0.05, 0.1) is 7.11 Å². The quantitative estimate of drug-likeness (QED) is 0.664. The molecule has 2 heteroatoms. The highest BCUT2D eigenvalue weighted by atomic mass is 16.5. The first-order valence-corrected chi connectivity index (χ1v) is 4.13. The highest BCUT2D eigenvalue weighted by molar-refractivity contribution is 5.47. The van der Waals surface area contributed by atoms with Gasteiger partial charge in [0, 0.05) is 12.0 Å². The van der Waals surface area contributed by atoms with E-state index in [-0.39, 0.29) is 5.75 Å². The second-order valence-electron chi connectivity index (χ2n) is 2.54. The van der Waals surface area contributed by atoms with Crippen LogP contribution >= 0.6 is 0 Å². The fourth-order valence-corrected chi connectivity index (χ4v) is 0.946. The largest absolute Gasteiger partial charge is 0.504 e. The lowest BCUT2D eigenvalue weighted by atomic mass is 10.2. The average molecular weight is 176 g/mol. The minimum atomic E-state index is 0.143. The average Bonchev–Trinajstić information content (AvgIpc) is 2.16. The summed E-state index contributed by atoms with van der Waals surface area (Å²) in [6.45, 7) is 1.99. The number of phenols is 1. The summed E-state index contributed by atoms with van der Waals surface area (Å²) in [5.74, 6) is 6.51. The Morgan fingerprint density at radius 1 is 1.46 bits per heavy atom. The van der Waals surface area contributed by atoms with E-state index >= 15 is 0 Å². The maximum absolute atomic E-state index is 9.29. The summed E-state index contributed by atoms with van der Waals surface area (Å²) < 4.78 is 4.95. The third-order valence-electron chi connectivity index (χ3n) is 1.59. The van der Waals surface area contributed by atoms with Crippen molar-refractivity contribution >= 4 is 0 Å². The van der Waals surface area contributed by atoms with Gasteiger partial charge < -0.3 is 9.84 Å². The Balaban J connectivity index is 2.99. The molecule has 0 spiro atoms. The molecule has 0 aliphatic heterocycles. The van der Waals surface area contributed by atoms with E-state index in [1.807, 2.05) is 6.92 Å². The molecule has 0 amide bonds. The summed E-state index contributed by atoms with van der Waals surface area (Å²) in [6, 6.07) is 5.07. The molecule has 0 unspecified atom stereocenters. The number of hydrogen-bond donors (Lipinski definition) is 1. The SMILES string of the molecule is CCC#Cc1ccc(O)c(OC)c1. The number of benzene rings is 1. The van der Waals surface area contributed by atoms with Crippen molar-refractivity contribution in [3.63, 3.8) is 0 Å². The smallest absolute Gasteiger partial charge is 0.161 e. The van der Waals surface area contributed by atoms with Gasteiger partial charge in [-0.25, -0.2) is 0 Å². The second-order valence-corrected chi connectivity index (χ2v) is 2.54. The van der Waals surface area contributed by atoms with E-state index in [2.05, 4.69) is 11.8 Å². The number of ether oxygens (including phenoxy) is 1. The van der Waals surface area contributed by atoms with Crippen LogP contribution in [0.3, 0.4) is 0 Å². The topological polar surface area (TPSA) is 29.5 Å². The van der Waals surface area contributed by atoms with E-state index in [4.69, 9.17) is 4.74 Å². The molecule has 0 saturated carbocycles. The lowest BCUT2D eigenvalue weighted by Gasteiger charge is -2.02. The Kier molecular flexibility index (Phi) is 3.22. The van der Waals surface area contributed by atoms with E-state index < -0.39 is 0 Å². The summed E-state index contributed by atoms with van der Waals surface area (Å²) in [5.41, 5.74) is 0.858. The fourth-order valence-electron chi connectivity index (χ4n) is 0.946. The highest BCUT2D eigenvalue weighted by Gasteiger charge is 1.99. The zero-order valence-electron chi connectivity index (χ0n) is 7.79. The van der Waals surface area contributed by atoms with E-state index in [9.17, 15) is 5.11 Å². The molecule has 0 bridgehead atoms. The molecule has 0 saturated heterocycles. The maximum Gasteiger partial charge on any atom is 0.161 e. The number of aromatic hydroxyl groups is 1. The summed E-state index contributed by atoms with van der Waals surface area (Å²) in [6.07, 6.45) is 0.823. The third kappa shape index (κ3) is 2.41. The second kappa shape index (κ2) is 4.42. The van der Waals surface area contributed by atoms with Crippen molar-refractivity contribution < 1.29 is 9.84 Å². The van der Waals surface area contributed by atoms with Crippen molar-refractivity contribution in [1.29, 1.82) is 0 Å². The Hall–Kier alpha value is -1.62. The minimum Gasteiger partial charge on any atom is -0.504 e. The van der Waals surface area contributed by atoms with Gasteiger partial charge in [-0.2, -0.15) is 0 Å². The molecule has 2 nitrogen and oxygen atoms in total. The van der Waals surface area contributed by atoms with Gasteiger partial charge in [-0.1, -0.05) is 18.8 Å². The Morgan fingerprint density at radius 2 is 2.23 bits per heavy atom. The maximum atomic E-state index is 9.29. The third-order valence-corrected chi connectivity index (χ3v) is 1.59. The van der Waals surface area contributed by atoms with Gasteiger partial charge in [0.25, 0.3) is 0 Å². The predicted octanol–water partition coefficient (Wildman–Crippen LogP) is 2.16. The predicted molar refractivity (Wildman–Crippen MR) is 51.8 cm³/mol. The van der Waals surface area contributed by atoms with Gasteiger partial charge in [0.1, 0.15) is 0 Å². The van der Waals surface area contributed by atoms with Crippen LogP contribution < -0.4 is 4.74 Å². The Morgan fingerprint density at radius 3 is 2.85 bits per heavy atom. The van der Waals surface area contributed by atoms with Crippen LogP contribution in [0.15, 0.2) is 18.2 Å². The summed E-state index contributed by atoms with van der Waals surface area (Å²) >= 11 is 0. The van der Waals surface area contributed by atoms with Crippen molar-refractivity contribution in [2.75, 3.05) is 7.11 Å². The van der Waals surface area contributed by atoms with Gasteiger partial charge in [-0.15, -0.1) is 0 Å². The van der Waals surface area contributed by atoms with Crippen LogP contribution in [0.4, 0.5) is 0 Å². The number of methoxy groups -OCH3 is 1. The van der Waals surface area contributed by atoms with Crippen LogP contribution in [0.2, 0.25) is 0 Å². The lowest BCUT2D eigenvalue weighted by molar-refractivity contribution is 0.373. The summed E-state index contributed by atoms with van der Waals surface area (Å²) in [4.78, 5) is 0. The van der Waals surface area contributed by atoms with Crippen LogP contribution in [0.1, 0.15) is 18.9 Å². The molecule has 0 heterocycles. The number of rotatable bonds is 1. The standard InChI is InChI=1S/C11H12O2/c1-3-4-5-9-6-7-10(12)11(8-9)13-2/h6-8,12H,3H2,1-2H3. The first kappa shape index (κ1) is 9.47. The van der Waals surface area contributed by atoms with Crippen LogP contribution in [-0.4, -0.2) is 12.2 Å². The normalized spacial score (nSPS) is 8.77. The van der Waals surface area contributed by atoms with Crippen LogP contribution in [0.25, 0.3) is 0 Å². The van der Waals surface area contributed by atoms with Crippen molar-refractivity contribution in [2.24, 2.45) is 0 Å². The van der Waals surface area contributed by atoms with Crippen molar-refractivity contribution in [2.45, 2.75) is 13.3 Å². The van der Waals surface area contributed by atoms with Crippen molar-refractivity contribution in [1.82, 2.24) is 0 Å². The minimum absolute atomic E-state index is 0.143. The Bertz CT molecular complexity index is 345. The number of phenolic OH excluding ortho intramolecular Hbond substituents is 1. The van der Waals surface area contributed by atoms with Gasteiger partial charge >= 0.3 is 0 Å². The molecular formula is C11H12O2. The first-order valence-electron chi connectivity index (χ1n) is 4.13. The molecule has 0 fully saturated rings. The molecule has 13 heavy (non-hydrogen) atoms. The van der Waals surface area contributed by atoms with Crippen LogP contribution in [-0.2, 0) is 0 Å². The molecule has 0 radical (unpaired) electrons. The summed E-state index contributed by atoms with van der Waals surface area (Å²) in [5, 5.41) is 9.29. The zero-order chi connectivity index (χ0) is 9.68. The zero-order valence-corrected chi connectivity index (χ0v) is 7.79. The highest BCUT2D eigenvalue weighted by Crippen LogP contribution is 2.25. The monoisotopic (exact) mass is 176 g/mol. The Labute approximate surface area is 78.2 Å². The molecule has 1 N–H and O–H groups in total. The molecule has 0 aliphatic carbocycles. The molecule has 1 aromatic carbocycles. The van der Waals surface area contributed by atoms with E-state index in [0.29, 0.717) is 5.75 Å². The molecular weight excluding hydrogens is 164 g/mol. The molecule has 1 aromatic rings. The van der Waals surface area contributed by atoms with Crippen molar-refractivity contribution in [3.05, 3.63) is 23.8 Å². The van der Waals surface area contributed by atoms with Gasteiger partial charge in [-0.3, -0.25) is 0 Å². The van der Waals surface area contributed by atoms with E-state index in [1.165, 1.54) is 7.11 Å². The number of hydrogen-bond acceptors (Lipinski definition) is 2. The summed E-state index contributed by atoms with van der Waals surface area (Å²) in [7, 11) is 1.52. The van der Waals surface area contributed by atoms with Crippen LogP contribution in [0, 0.1) is 11.8 Å². The van der Waals surface area contributed by atoms with E-state index in [0.717, 1.165) is 12.0 Å². The lowest BCUT2D eigenvalue weighted by Crippen LogP contribution is -1.84. The molecule has 68 valence electrons. The molecule has 0 aliphatic rings. The van der Waals surface area contributed by atoms with Gasteiger partial charge in [-0.05, 0) is 18.2 Å². The van der Waals surface area contributed by atoms with Gasteiger partial charge in [0.2, 0.25) is 0 Å². The van der Waals surface area contributed by atoms with Crippen molar-refractivity contribution in [3.8, 4) is 23.3 Å². The molecule has 0 atom stereocenters. The van der Waals surface area contributed by atoms with E-state index in [1.54, 1.807) is 18.2 Å². The first-order chi connectivity index (χ1) is 6.27. The molecule has 1 rings (SSSR count). The van der Waals surface area contributed by atoms with Gasteiger partial charge in [0.15, 0.2) is 11.5 Å². The van der Waals surface area contributed by atoms with Crippen LogP contribution in [0.5, 0.6) is 11.5 Å².